The number of benzene rings is 1. The highest BCUT2D eigenvalue weighted by atomic mass is 16.1. The first-order valence-electron chi connectivity index (χ1n) is 5.74. The highest BCUT2D eigenvalue weighted by molar-refractivity contribution is 5.81. The molecule has 1 heteroatoms. The zero-order chi connectivity index (χ0) is 10.7. The standard InChI is InChI=1S/C14H18O/c1-14(10-8-13(15)11-14)9-7-12-5-3-2-4-6-12/h2-6H,7-11H2,1H3. The Kier molecular flexibility index (Phi) is 2.90. The molecular weight excluding hydrogens is 184 g/mol. The lowest BCUT2D eigenvalue weighted by Gasteiger charge is -2.22. The Morgan fingerprint density at radius 1 is 1.27 bits per heavy atom. The Hall–Kier alpha value is -1.11. The third-order valence-electron chi connectivity index (χ3n) is 3.49. The number of carbonyl (C=O) groups is 1. The SMILES string of the molecule is CC1(CCc2ccccc2)CCC(=O)C1. The van der Waals surface area contributed by atoms with E-state index in [0.717, 1.165) is 32.1 Å². The van der Waals surface area contributed by atoms with Gasteiger partial charge in [-0.1, -0.05) is 37.3 Å². The van der Waals surface area contributed by atoms with Crippen LogP contribution in [0.5, 0.6) is 0 Å². The minimum Gasteiger partial charge on any atom is -0.300 e. The monoisotopic (exact) mass is 202 g/mol. The van der Waals surface area contributed by atoms with Gasteiger partial charge in [0.1, 0.15) is 5.78 Å². The fourth-order valence-corrected chi connectivity index (χ4v) is 2.40. The minimum atomic E-state index is 0.271. The van der Waals surface area contributed by atoms with Crippen molar-refractivity contribution in [3.8, 4) is 0 Å². The third-order valence-corrected chi connectivity index (χ3v) is 3.49. The van der Waals surface area contributed by atoms with E-state index in [1.165, 1.54) is 5.56 Å². The van der Waals surface area contributed by atoms with E-state index in [-0.39, 0.29) is 5.41 Å². The third kappa shape index (κ3) is 2.68. The molecule has 0 radical (unpaired) electrons. The van der Waals surface area contributed by atoms with E-state index >= 15 is 0 Å². The molecule has 1 unspecified atom stereocenters. The highest BCUT2D eigenvalue weighted by Crippen LogP contribution is 2.39. The molecule has 0 amide bonds. The van der Waals surface area contributed by atoms with E-state index in [4.69, 9.17) is 0 Å². The van der Waals surface area contributed by atoms with Crippen molar-refractivity contribution >= 4 is 5.78 Å². The summed E-state index contributed by atoms with van der Waals surface area (Å²) in [7, 11) is 0. The molecule has 1 aromatic carbocycles. The average molecular weight is 202 g/mol. The molecule has 0 N–H and O–H groups in total. The molecule has 1 nitrogen and oxygen atoms in total. The van der Waals surface area contributed by atoms with Crippen LogP contribution in [0, 0.1) is 5.41 Å². The molecule has 0 bridgehead atoms. The van der Waals surface area contributed by atoms with E-state index in [2.05, 4.69) is 31.2 Å². The minimum absolute atomic E-state index is 0.271. The Morgan fingerprint density at radius 3 is 2.60 bits per heavy atom. The van der Waals surface area contributed by atoms with Crippen LogP contribution in [-0.4, -0.2) is 5.78 Å². The number of hydrogen-bond acceptors (Lipinski definition) is 1. The van der Waals surface area contributed by atoms with Crippen LogP contribution in [0.15, 0.2) is 30.3 Å². The predicted molar refractivity (Wildman–Crippen MR) is 61.7 cm³/mol. The maximum absolute atomic E-state index is 11.3. The van der Waals surface area contributed by atoms with Crippen molar-refractivity contribution in [1.82, 2.24) is 0 Å². The van der Waals surface area contributed by atoms with Gasteiger partial charge in [-0.3, -0.25) is 4.79 Å². The van der Waals surface area contributed by atoms with Crippen LogP contribution in [0.2, 0.25) is 0 Å². The van der Waals surface area contributed by atoms with Gasteiger partial charge in [0.05, 0.1) is 0 Å². The van der Waals surface area contributed by atoms with E-state index in [0.29, 0.717) is 5.78 Å². The predicted octanol–water partition coefficient (Wildman–Crippen LogP) is 3.38. The molecule has 0 heterocycles. The van der Waals surface area contributed by atoms with Crippen molar-refractivity contribution in [3.63, 3.8) is 0 Å². The number of Topliss-reactive ketones (excluding diaryl/α,β-unsaturated/α-hetero) is 1. The van der Waals surface area contributed by atoms with Gasteiger partial charge < -0.3 is 0 Å². The van der Waals surface area contributed by atoms with Gasteiger partial charge in [0.2, 0.25) is 0 Å². The number of carbonyl (C=O) groups excluding carboxylic acids is 1. The lowest BCUT2D eigenvalue weighted by molar-refractivity contribution is -0.118. The van der Waals surface area contributed by atoms with Crippen molar-refractivity contribution in [3.05, 3.63) is 35.9 Å². The highest BCUT2D eigenvalue weighted by Gasteiger charge is 2.33. The van der Waals surface area contributed by atoms with Crippen molar-refractivity contribution in [1.29, 1.82) is 0 Å². The lowest BCUT2D eigenvalue weighted by atomic mass is 9.83. The molecule has 0 aromatic heterocycles. The molecule has 0 aliphatic heterocycles. The average Bonchev–Trinajstić information content (AvgIpc) is 2.58. The number of rotatable bonds is 3. The van der Waals surface area contributed by atoms with Crippen LogP contribution < -0.4 is 0 Å². The van der Waals surface area contributed by atoms with Crippen LogP contribution in [0.25, 0.3) is 0 Å². The lowest BCUT2D eigenvalue weighted by Crippen LogP contribution is -2.13. The maximum Gasteiger partial charge on any atom is 0.133 e. The van der Waals surface area contributed by atoms with E-state index < -0.39 is 0 Å². The van der Waals surface area contributed by atoms with E-state index in [1.54, 1.807) is 0 Å². The maximum atomic E-state index is 11.3. The van der Waals surface area contributed by atoms with Gasteiger partial charge in [-0.05, 0) is 30.2 Å². The summed E-state index contributed by atoms with van der Waals surface area (Å²) in [6.45, 7) is 2.25. The molecule has 1 atom stereocenters. The quantitative estimate of drug-likeness (QED) is 0.734. The van der Waals surface area contributed by atoms with Crippen LogP contribution in [0.1, 0.15) is 38.2 Å². The smallest absolute Gasteiger partial charge is 0.133 e. The largest absolute Gasteiger partial charge is 0.300 e. The topological polar surface area (TPSA) is 17.1 Å². The summed E-state index contributed by atoms with van der Waals surface area (Å²) in [5.41, 5.74) is 1.66. The molecular formula is C14H18O. The van der Waals surface area contributed by atoms with Crippen LogP contribution in [0.3, 0.4) is 0 Å². The molecule has 1 fully saturated rings. The second kappa shape index (κ2) is 4.18. The summed E-state index contributed by atoms with van der Waals surface area (Å²) in [5, 5.41) is 0. The molecule has 0 spiro atoms. The molecule has 0 saturated heterocycles. The summed E-state index contributed by atoms with van der Waals surface area (Å²) < 4.78 is 0. The van der Waals surface area contributed by atoms with Gasteiger partial charge in [-0.2, -0.15) is 0 Å². The Labute approximate surface area is 91.5 Å². The first kappa shape index (κ1) is 10.4. The number of ketones is 1. The molecule has 2 rings (SSSR count). The van der Waals surface area contributed by atoms with Crippen LogP contribution in [-0.2, 0) is 11.2 Å². The molecule has 1 aliphatic carbocycles. The van der Waals surface area contributed by atoms with Crippen LogP contribution >= 0.6 is 0 Å². The van der Waals surface area contributed by atoms with Gasteiger partial charge in [-0.25, -0.2) is 0 Å². The summed E-state index contributed by atoms with van der Waals surface area (Å²) >= 11 is 0. The molecule has 15 heavy (non-hydrogen) atoms. The number of aryl methyl sites for hydroxylation is 1. The summed E-state index contributed by atoms with van der Waals surface area (Å²) in [6, 6.07) is 10.5. The summed E-state index contributed by atoms with van der Waals surface area (Å²) in [6.07, 6.45) is 4.91. The van der Waals surface area contributed by atoms with Crippen molar-refractivity contribution in [2.24, 2.45) is 5.41 Å². The van der Waals surface area contributed by atoms with Gasteiger partial charge in [-0.15, -0.1) is 0 Å². The molecule has 80 valence electrons. The van der Waals surface area contributed by atoms with Crippen molar-refractivity contribution < 1.29 is 4.79 Å². The van der Waals surface area contributed by atoms with Gasteiger partial charge in [0, 0.05) is 12.8 Å². The first-order valence-corrected chi connectivity index (χ1v) is 5.74. The first-order chi connectivity index (χ1) is 7.18. The van der Waals surface area contributed by atoms with Gasteiger partial charge in [0.25, 0.3) is 0 Å². The van der Waals surface area contributed by atoms with Crippen LogP contribution in [0.4, 0.5) is 0 Å². The Morgan fingerprint density at radius 2 is 2.00 bits per heavy atom. The molecule has 1 aliphatic rings. The summed E-state index contributed by atoms with van der Waals surface area (Å²) in [4.78, 5) is 11.3. The van der Waals surface area contributed by atoms with Gasteiger partial charge >= 0.3 is 0 Å². The van der Waals surface area contributed by atoms with E-state index in [1.807, 2.05) is 6.07 Å². The normalized spacial score (nSPS) is 25.8. The Balaban J connectivity index is 1.91. The van der Waals surface area contributed by atoms with E-state index in [9.17, 15) is 4.79 Å². The van der Waals surface area contributed by atoms with Crippen molar-refractivity contribution in [2.45, 2.75) is 39.0 Å². The van der Waals surface area contributed by atoms with Crippen molar-refractivity contribution in [2.75, 3.05) is 0 Å². The Bertz CT molecular complexity index is 342. The zero-order valence-corrected chi connectivity index (χ0v) is 9.33. The zero-order valence-electron chi connectivity index (χ0n) is 9.33. The molecule has 1 aromatic rings. The second-order valence-electron chi connectivity index (χ2n) is 5.01. The fraction of sp³-hybridized carbons (Fsp3) is 0.500. The summed E-state index contributed by atoms with van der Waals surface area (Å²) in [5.74, 6) is 0.450. The molecule has 1 saturated carbocycles. The number of hydrogen-bond donors (Lipinski definition) is 0. The fourth-order valence-electron chi connectivity index (χ4n) is 2.40. The van der Waals surface area contributed by atoms with Gasteiger partial charge in [0.15, 0.2) is 0 Å². The second-order valence-corrected chi connectivity index (χ2v) is 5.01.